The fourth-order valence-corrected chi connectivity index (χ4v) is 5.80. The lowest BCUT2D eigenvalue weighted by Crippen LogP contribution is -2.40. The molecule has 2 aromatic heterocycles. The van der Waals surface area contributed by atoms with Gasteiger partial charge in [0.05, 0.1) is 28.0 Å². The summed E-state index contributed by atoms with van der Waals surface area (Å²) in [6.07, 6.45) is 2.03. The molecule has 27 heavy (non-hydrogen) atoms. The van der Waals surface area contributed by atoms with Crippen LogP contribution in [0.25, 0.3) is 21.8 Å². The number of carbonyl (C=O) groups is 1. The first-order chi connectivity index (χ1) is 13.2. The Hall–Kier alpha value is -1.38. The van der Waals surface area contributed by atoms with E-state index in [2.05, 4.69) is 0 Å². The van der Waals surface area contributed by atoms with Crippen LogP contribution in [0.2, 0.25) is 5.02 Å². The molecule has 1 aromatic carbocycles. The second-order valence-corrected chi connectivity index (χ2v) is 9.39. The summed E-state index contributed by atoms with van der Waals surface area (Å²) in [6, 6.07) is 9.66. The van der Waals surface area contributed by atoms with E-state index in [1.807, 2.05) is 46.9 Å². The van der Waals surface area contributed by atoms with Gasteiger partial charge in [-0.1, -0.05) is 23.7 Å². The summed E-state index contributed by atoms with van der Waals surface area (Å²) in [5, 5.41) is 3.69. The van der Waals surface area contributed by atoms with Crippen molar-refractivity contribution >= 4 is 51.9 Å². The van der Waals surface area contributed by atoms with Crippen molar-refractivity contribution < 1.29 is 9.53 Å². The SMILES string of the molecule is CSc1sc(C(=O)N2CCOCC2)cc1-c1nc(-c2ccc(Cl)cc2)cs1. The average molecular weight is 437 g/mol. The van der Waals surface area contributed by atoms with Crippen molar-refractivity contribution in [1.29, 1.82) is 0 Å². The van der Waals surface area contributed by atoms with Crippen LogP contribution in [0, 0.1) is 0 Å². The largest absolute Gasteiger partial charge is 0.378 e. The summed E-state index contributed by atoms with van der Waals surface area (Å²) in [7, 11) is 0. The van der Waals surface area contributed by atoms with Gasteiger partial charge in [0.15, 0.2) is 0 Å². The fourth-order valence-electron chi connectivity index (χ4n) is 2.85. The molecule has 0 spiro atoms. The molecule has 0 saturated carbocycles. The molecule has 0 bridgehead atoms. The number of thiazole rings is 1. The second-order valence-electron chi connectivity index (χ2n) is 5.97. The number of amides is 1. The third kappa shape index (κ3) is 4.07. The first-order valence-corrected chi connectivity index (χ1v) is 11.7. The monoisotopic (exact) mass is 436 g/mol. The molecular formula is C19H17ClN2O2S3. The number of rotatable bonds is 4. The molecule has 1 aliphatic heterocycles. The van der Waals surface area contributed by atoms with Crippen molar-refractivity contribution in [3.63, 3.8) is 0 Å². The summed E-state index contributed by atoms with van der Waals surface area (Å²) in [5.41, 5.74) is 2.99. The van der Waals surface area contributed by atoms with Crippen LogP contribution >= 0.6 is 46.0 Å². The quantitative estimate of drug-likeness (QED) is 0.514. The summed E-state index contributed by atoms with van der Waals surface area (Å²) in [5.74, 6) is 0.0827. The summed E-state index contributed by atoms with van der Waals surface area (Å²) in [4.78, 5) is 20.2. The second kappa shape index (κ2) is 8.32. The van der Waals surface area contributed by atoms with Gasteiger partial charge in [0.1, 0.15) is 5.01 Å². The maximum atomic E-state index is 12.8. The molecule has 1 fully saturated rings. The van der Waals surface area contributed by atoms with E-state index in [4.69, 9.17) is 21.3 Å². The lowest BCUT2D eigenvalue weighted by molar-refractivity contribution is 0.0306. The number of carbonyl (C=O) groups excluding carboxylic acids is 1. The lowest BCUT2D eigenvalue weighted by Gasteiger charge is -2.26. The first-order valence-electron chi connectivity index (χ1n) is 8.42. The van der Waals surface area contributed by atoms with Crippen LogP contribution in [0.4, 0.5) is 0 Å². The van der Waals surface area contributed by atoms with Crippen LogP contribution < -0.4 is 0 Å². The molecule has 3 aromatic rings. The van der Waals surface area contributed by atoms with Crippen LogP contribution in [-0.2, 0) is 4.74 Å². The van der Waals surface area contributed by atoms with E-state index in [0.717, 1.165) is 30.9 Å². The number of halogens is 1. The number of hydrogen-bond donors (Lipinski definition) is 0. The lowest BCUT2D eigenvalue weighted by atomic mass is 10.2. The molecule has 140 valence electrons. The number of ether oxygens (including phenoxy) is 1. The van der Waals surface area contributed by atoms with Crippen LogP contribution in [0.3, 0.4) is 0 Å². The van der Waals surface area contributed by atoms with E-state index in [1.54, 1.807) is 34.4 Å². The zero-order valence-electron chi connectivity index (χ0n) is 14.6. The molecule has 3 heterocycles. The summed E-state index contributed by atoms with van der Waals surface area (Å²) < 4.78 is 6.46. The van der Waals surface area contributed by atoms with Crippen LogP contribution in [0.15, 0.2) is 39.9 Å². The molecule has 1 aliphatic rings. The van der Waals surface area contributed by atoms with Gasteiger partial charge in [0, 0.05) is 34.6 Å². The van der Waals surface area contributed by atoms with E-state index in [-0.39, 0.29) is 5.91 Å². The zero-order valence-corrected chi connectivity index (χ0v) is 17.8. The zero-order chi connectivity index (χ0) is 18.8. The van der Waals surface area contributed by atoms with Gasteiger partial charge in [-0.3, -0.25) is 4.79 Å². The van der Waals surface area contributed by atoms with Crippen LogP contribution in [0.1, 0.15) is 9.67 Å². The molecule has 0 unspecified atom stereocenters. The molecule has 0 atom stereocenters. The third-order valence-electron chi connectivity index (χ3n) is 4.27. The number of morpholine rings is 1. The first kappa shape index (κ1) is 19.0. The van der Waals surface area contributed by atoms with Gasteiger partial charge in [0.2, 0.25) is 0 Å². The smallest absolute Gasteiger partial charge is 0.264 e. The van der Waals surface area contributed by atoms with E-state index < -0.39 is 0 Å². The molecule has 4 nitrogen and oxygen atoms in total. The van der Waals surface area contributed by atoms with Crippen molar-refractivity contribution in [2.24, 2.45) is 0 Å². The molecule has 8 heteroatoms. The Balaban J connectivity index is 1.63. The minimum absolute atomic E-state index is 0.0827. The van der Waals surface area contributed by atoms with E-state index >= 15 is 0 Å². The Labute approximate surface area is 175 Å². The molecule has 0 aliphatic carbocycles. The van der Waals surface area contributed by atoms with E-state index in [1.165, 1.54) is 0 Å². The highest BCUT2D eigenvalue weighted by atomic mass is 35.5. The maximum Gasteiger partial charge on any atom is 0.264 e. The Morgan fingerprint density at radius 1 is 1.26 bits per heavy atom. The summed E-state index contributed by atoms with van der Waals surface area (Å²) >= 11 is 10.8. The van der Waals surface area contributed by atoms with Crippen molar-refractivity contribution in [2.45, 2.75) is 4.21 Å². The Morgan fingerprint density at radius 2 is 2.00 bits per heavy atom. The van der Waals surface area contributed by atoms with Gasteiger partial charge in [-0.2, -0.15) is 0 Å². The summed E-state index contributed by atoms with van der Waals surface area (Å²) in [6.45, 7) is 2.52. The standard InChI is InChI=1S/C19H17ClN2O2S3/c1-25-19-14(10-16(27-19)18(23)22-6-8-24-9-7-22)17-21-15(11-26-17)12-2-4-13(20)5-3-12/h2-5,10-11H,6-9H2,1H3. The minimum Gasteiger partial charge on any atom is -0.378 e. The van der Waals surface area contributed by atoms with E-state index in [0.29, 0.717) is 31.3 Å². The van der Waals surface area contributed by atoms with Gasteiger partial charge in [-0.05, 0) is 24.5 Å². The topological polar surface area (TPSA) is 42.4 Å². The number of thioether (sulfide) groups is 1. The molecule has 0 N–H and O–H groups in total. The predicted octanol–water partition coefficient (Wildman–Crippen LogP) is 5.39. The van der Waals surface area contributed by atoms with Crippen molar-refractivity contribution in [1.82, 2.24) is 9.88 Å². The minimum atomic E-state index is 0.0827. The number of thiophene rings is 1. The highest BCUT2D eigenvalue weighted by Crippen LogP contribution is 2.40. The molecule has 1 amide bonds. The predicted molar refractivity (Wildman–Crippen MR) is 114 cm³/mol. The Bertz CT molecular complexity index is 946. The normalized spacial score (nSPS) is 14.5. The van der Waals surface area contributed by atoms with Gasteiger partial charge in [0.25, 0.3) is 5.91 Å². The highest BCUT2D eigenvalue weighted by molar-refractivity contribution is 8.00. The van der Waals surface area contributed by atoms with Crippen molar-refractivity contribution in [3.8, 4) is 21.8 Å². The van der Waals surface area contributed by atoms with Gasteiger partial charge in [-0.15, -0.1) is 34.4 Å². The molecule has 1 saturated heterocycles. The third-order valence-corrected chi connectivity index (χ3v) is 7.65. The van der Waals surface area contributed by atoms with Crippen LogP contribution in [0.5, 0.6) is 0 Å². The molecule has 0 radical (unpaired) electrons. The van der Waals surface area contributed by atoms with Gasteiger partial charge >= 0.3 is 0 Å². The van der Waals surface area contributed by atoms with Crippen molar-refractivity contribution in [3.05, 3.63) is 45.6 Å². The Kier molecular flexibility index (Phi) is 5.85. The Morgan fingerprint density at radius 3 is 2.70 bits per heavy atom. The number of aromatic nitrogens is 1. The number of hydrogen-bond acceptors (Lipinski definition) is 6. The maximum absolute atomic E-state index is 12.8. The number of nitrogens with zero attached hydrogens (tertiary/aromatic N) is 2. The molecular weight excluding hydrogens is 420 g/mol. The van der Waals surface area contributed by atoms with Gasteiger partial charge in [-0.25, -0.2) is 4.98 Å². The highest BCUT2D eigenvalue weighted by Gasteiger charge is 2.23. The molecule has 4 rings (SSSR count). The number of benzene rings is 1. The van der Waals surface area contributed by atoms with Crippen molar-refractivity contribution in [2.75, 3.05) is 32.6 Å². The van der Waals surface area contributed by atoms with Gasteiger partial charge < -0.3 is 9.64 Å². The van der Waals surface area contributed by atoms with E-state index in [9.17, 15) is 4.79 Å². The van der Waals surface area contributed by atoms with Crippen LogP contribution in [-0.4, -0.2) is 48.4 Å². The average Bonchev–Trinajstić information content (AvgIpc) is 3.35. The fraction of sp³-hybridized carbons (Fsp3) is 0.263.